The number of aromatic nitrogens is 1. The van der Waals surface area contributed by atoms with Crippen LogP contribution in [0.15, 0.2) is 16.7 Å². The summed E-state index contributed by atoms with van der Waals surface area (Å²) in [5.41, 5.74) is 6.27. The highest BCUT2D eigenvalue weighted by molar-refractivity contribution is 9.10. The SMILES string of the molecule is CC(C)(CCN)CCC(=O)Nc1cnc(Cl)c(Br)c1. The molecule has 1 aromatic heterocycles. The van der Waals surface area contributed by atoms with Crippen LogP contribution in [0.4, 0.5) is 5.69 Å². The molecule has 3 N–H and O–H groups in total. The summed E-state index contributed by atoms with van der Waals surface area (Å²) in [6.45, 7) is 4.88. The topological polar surface area (TPSA) is 68.0 Å². The number of hydrogen-bond donors (Lipinski definition) is 2. The van der Waals surface area contributed by atoms with Gasteiger partial charge >= 0.3 is 0 Å². The zero-order chi connectivity index (χ0) is 14.5. The van der Waals surface area contributed by atoms with Crippen LogP contribution in [-0.2, 0) is 4.79 Å². The molecule has 0 saturated heterocycles. The summed E-state index contributed by atoms with van der Waals surface area (Å²) in [6.07, 6.45) is 3.72. The maximum absolute atomic E-state index is 11.8. The molecule has 0 radical (unpaired) electrons. The molecule has 106 valence electrons. The van der Waals surface area contributed by atoms with E-state index in [2.05, 4.69) is 40.1 Å². The van der Waals surface area contributed by atoms with Gasteiger partial charge in [-0.3, -0.25) is 4.79 Å². The molecule has 0 fully saturated rings. The fourth-order valence-corrected chi connectivity index (χ4v) is 2.13. The lowest BCUT2D eigenvalue weighted by Gasteiger charge is -2.23. The first-order valence-electron chi connectivity index (χ1n) is 6.15. The summed E-state index contributed by atoms with van der Waals surface area (Å²) in [4.78, 5) is 15.8. The van der Waals surface area contributed by atoms with Crippen molar-refractivity contribution in [1.29, 1.82) is 0 Å². The molecule has 1 aromatic rings. The van der Waals surface area contributed by atoms with E-state index >= 15 is 0 Å². The molecule has 19 heavy (non-hydrogen) atoms. The van der Waals surface area contributed by atoms with Crippen LogP contribution >= 0.6 is 27.5 Å². The standard InChI is InChI=1S/C13H19BrClN3O/c1-13(2,5-6-16)4-3-11(19)18-9-7-10(14)12(15)17-8-9/h7-8H,3-6,16H2,1-2H3,(H,18,19). The van der Waals surface area contributed by atoms with Crippen LogP contribution in [0.25, 0.3) is 0 Å². The van der Waals surface area contributed by atoms with Crippen molar-refractivity contribution in [2.45, 2.75) is 33.1 Å². The summed E-state index contributed by atoms with van der Waals surface area (Å²) < 4.78 is 0.662. The highest BCUT2D eigenvalue weighted by Gasteiger charge is 2.18. The van der Waals surface area contributed by atoms with Crippen LogP contribution in [0.2, 0.25) is 5.15 Å². The molecule has 0 aliphatic rings. The molecule has 0 atom stereocenters. The zero-order valence-corrected chi connectivity index (χ0v) is 13.5. The molecule has 0 saturated carbocycles. The van der Waals surface area contributed by atoms with E-state index in [4.69, 9.17) is 17.3 Å². The van der Waals surface area contributed by atoms with Crippen molar-refractivity contribution in [3.05, 3.63) is 21.9 Å². The van der Waals surface area contributed by atoms with E-state index in [1.807, 2.05) is 0 Å². The Morgan fingerprint density at radius 3 is 2.79 bits per heavy atom. The van der Waals surface area contributed by atoms with Crippen molar-refractivity contribution in [1.82, 2.24) is 4.98 Å². The Bertz CT molecular complexity index is 452. The van der Waals surface area contributed by atoms with Crippen molar-refractivity contribution in [3.63, 3.8) is 0 Å². The lowest BCUT2D eigenvalue weighted by molar-refractivity contribution is -0.116. The van der Waals surface area contributed by atoms with Crippen LogP contribution in [-0.4, -0.2) is 17.4 Å². The number of carbonyl (C=O) groups excluding carboxylic acids is 1. The average Bonchev–Trinajstić information content (AvgIpc) is 2.32. The normalized spacial score (nSPS) is 11.4. The van der Waals surface area contributed by atoms with Crippen LogP contribution in [0.1, 0.15) is 33.1 Å². The molecular weight excluding hydrogens is 330 g/mol. The predicted molar refractivity (Wildman–Crippen MR) is 82.3 cm³/mol. The van der Waals surface area contributed by atoms with Crippen LogP contribution in [0.5, 0.6) is 0 Å². The second-order valence-corrected chi connectivity index (χ2v) is 6.46. The van der Waals surface area contributed by atoms with Crippen LogP contribution < -0.4 is 11.1 Å². The summed E-state index contributed by atoms with van der Waals surface area (Å²) in [6, 6.07) is 1.73. The van der Waals surface area contributed by atoms with Gasteiger partial charge in [0.05, 0.1) is 16.4 Å². The van der Waals surface area contributed by atoms with Gasteiger partial charge < -0.3 is 11.1 Å². The maximum atomic E-state index is 11.8. The predicted octanol–water partition coefficient (Wildman–Crippen LogP) is 3.59. The molecule has 6 heteroatoms. The van der Waals surface area contributed by atoms with Crippen molar-refractivity contribution in [2.75, 3.05) is 11.9 Å². The molecule has 4 nitrogen and oxygen atoms in total. The molecule has 1 heterocycles. The number of nitrogens with two attached hydrogens (primary N) is 1. The monoisotopic (exact) mass is 347 g/mol. The zero-order valence-electron chi connectivity index (χ0n) is 11.2. The summed E-state index contributed by atoms with van der Waals surface area (Å²) in [5.74, 6) is -0.0267. The van der Waals surface area contributed by atoms with Gasteiger partial charge in [0.2, 0.25) is 5.91 Å². The highest BCUT2D eigenvalue weighted by Crippen LogP contribution is 2.26. The van der Waals surface area contributed by atoms with Gasteiger partial charge in [0, 0.05) is 6.42 Å². The third-order valence-corrected chi connectivity index (χ3v) is 4.06. The van der Waals surface area contributed by atoms with Gasteiger partial charge in [0.15, 0.2) is 0 Å². The molecular formula is C13H19BrClN3O. The molecule has 0 bridgehead atoms. The Hall–Kier alpha value is -0.650. The van der Waals surface area contributed by atoms with E-state index in [9.17, 15) is 4.79 Å². The number of carbonyl (C=O) groups is 1. The van der Waals surface area contributed by atoms with E-state index in [1.54, 1.807) is 6.07 Å². The van der Waals surface area contributed by atoms with Crippen LogP contribution in [0, 0.1) is 5.41 Å². The van der Waals surface area contributed by atoms with E-state index in [0.29, 0.717) is 28.3 Å². The third kappa shape index (κ3) is 5.89. The summed E-state index contributed by atoms with van der Waals surface area (Å²) >= 11 is 9.06. The molecule has 0 aromatic carbocycles. The number of amides is 1. The number of pyridine rings is 1. The number of halogens is 2. The number of nitrogens with one attached hydrogen (secondary N) is 1. The Balaban J connectivity index is 2.49. The number of rotatable bonds is 6. The molecule has 1 amide bonds. The first-order valence-corrected chi connectivity index (χ1v) is 7.32. The van der Waals surface area contributed by atoms with Gasteiger partial charge in [0.1, 0.15) is 5.15 Å². The lowest BCUT2D eigenvalue weighted by atomic mass is 9.84. The highest BCUT2D eigenvalue weighted by atomic mass is 79.9. The Morgan fingerprint density at radius 2 is 2.21 bits per heavy atom. The molecule has 0 aliphatic carbocycles. The van der Waals surface area contributed by atoms with Gasteiger partial charge in [0.25, 0.3) is 0 Å². The minimum atomic E-state index is -0.0267. The summed E-state index contributed by atoms with van der Waals surface area (Å²) in [7, 11) is 0. The summed E-state index contributed by atoms with van der Waals surface area (Å²) in [5, 5.41) is 3.18. The average molecular weight is 349 g/mol. The van der Waals surface area contributed by atoms with E-state index in [1.165, 1.54) is 6.20 Å². The minimum absolute atomic E-state index is 0.0267. The van der Waals surface area contributed by atoms with Crippen LogP contribution in [0.3, 0.4) is 0 Å². The second-order valence-electron chi connectivity index (χ2n) is 5.25. The Morgan fingerprint density at radius 1 is 1.53 bits per heavy atom. The van der Waals surface area contributed by atoms with Gasteiger partial charge in [-0.25, -0.2) is 4.98 Å². The fraction of sp³-hybridized carbons (Fsp3) is 0.538. The van der Waals surface area contributed by atoms with Crippen molar-refractivity contribution >= 4 is 39.1 Å². The van der Waals surface area contributed by atoms with Crippen molar-refractivity contribution in [2.24, 2.45) is 11.1 Å². The van der Waals surface area contributed by atoms with Gasteiger partial charge in [-0.05, 0) is 46.8 Å². The largest absolute Gasteiger partial charge is 0.330 e. The van der Waals surface area contributed by atoms with E-state index in [-0.39, 0.29) is 11.3 Å². The quantitative estimate of drug-likeness (QED) is 0.772. The van der Waals surface area contributed by atoms with E-state index in [0.717, 1.165) is 12.8 Å². The third-order valence-electron chi connectivity index (χ3n) is 2.93. The lowest BCUT2D eigenvalue weighted by Crippen LogP contribution is -2.20. The van der Waals surface area contributed by atoms with Gasteiger partial charge in [-0.2, -0.15) is 0 Å². The van der Waals surface area contributed by atoms with Gasteiger partial charge in [-0.1, -0.05) is 25.4 Å². The van der Waals surface area contributed by atoms with Crippen molar-refractivity contribution in [3.8, 4) is 0 Å². The fourth-order valence-electron chi connectivity index (χ4n) is 1.68. The molecule has 1 rings (SSSR count). The first-order chi connectivity index (χ1) is 8.84. The maximum Gasteiger partial charge on any atom is 0.224 e. The van der Waals surface area contributed by atoms with Crippen molar-refractivity contribution < 1.29 is 4.79 Å². The number of nitrogens with zero attached hydrogens (tertiary/aromatic N) is 1. The molecule has 0 aliphatic heterocycles. The number of hydrogen-bond acceptors (Lipinski definition) is 3. The Kier molecular flexibility index (Phi) is 6.23. The molecule has 0 unspecified atom stereocenters. The first kappa shape index (κ1) is 16.4. The molecule has 0 spiro atoms. The van der Waals surface area contributed by atoms with Gasteiger partial charge in [-0.15, -0.1) is 0 Å². The minimum Gasteiger partial charge on any atom is -0.330 e. The Labute approximate surface area is 127 Å². The smallest absolute Gasteiger partial charge is 0.224 e. The number of anilines is 1. The van der Waals surface area contributed by atoms with E-state index < -0.39 is 0 Å². The second kappa shape index (κ2) is 7.22.